The van der Waals surface area contributed by atoms with E-state index in [2.05, 4.69) is 0 Å². The van der Waals surface area contributed by atoms with Crippen LogP contribution in [0.5, 0.6) is 11.5 Å². The van der Waals surface area contributed by atoms with Crippen LogP contribution in [0.2, 0.25) is 5.02 Å². The summed E-state index contributed by atoms with van der Waals surface area (Å²) in [6, 6.07) is 3.54. The monoisotopic (exact) mass is 231 g/mol. The Morgan fingerprint density at radius 1 is 1.33 bits per heavy atom. The number of rotatable bonds is 4. The summed E-state index contributed by atoms with van der Waals surface area (Å²) in [6.45, 7) is 0.340. The maximum Gasteiger partial charge on any atom is 0.145 e. The van der Waals surface area contributed by atoms with Gasteiger partial charge in [-0.2, -0.15) is 5.06 Å². The lowest BCUT2D eigenvalue weighted by Crippen LogP contribution is -2.12. The van der Waals surface area contributed by atoms with Crippen molar-refractivity contribution in [2.45, 2.75) is 6.54 Å². The summed E-state index contributed by atoms with van der Waals surface area (Å²) >= 11 is 6.05. The first-order valence-electron chi connectivity index (χ1n) is 4.39. The van der Waals surface area contributed by atoms with Crippen molar-refractivity contribution in [2.75, 3.05) is 21.3 Å². The summed E-state index contributed by atoms with van der Waals surface area (Å²) in [5.74, 6) is 1.08. The number of benzene rings is 1. The van der Waals surface area contributed by atoms with Crippen LogP contribution in [0.1, 0.15) is 5.56 Å². The van der Waals surface area contributed by atoms with Crippen LogP contribution in [0.15, 0.2) is 12.1 Å². The molecule has 5 heteroatoms. The molecule has 1 aromatic rings. The van der Waals surface area contributed by atoms with Crippen molar-refractivity contribution in [1.82, 2.24) is 5.06 Å². The summed E-state index contributed by atoms with van der Waals surface area (Å²) in [4.78, 5) is 0. The van der Waals surface area contributed by atoms with Crippen molar-refractivity contribution in [1.29, 1.82) is 0 Å². The Morgan fingerprint density at radius 2 is 2.00 bits per heavy atom. The van der Waals surface area contributed by atoms with Crippen molar-refractivity contribution in [3.8, 4) is 11.5 Å². The van der Waals surface area contributed by atoms with Gasteiger partial charge in [-0.3, -0.25) is 0 Å². The molecule has 4 nitrogen and oxygen atoms in total. The third-order valence-electron chi connectivity index (χ3n) is 1.97. The van der Waals surface area contributed by atoms with Gasteiger partial charge < -0.3 is 14.7 Å². The minimum atomic E-state index is 0.340. The average Bonchev–Trinajstić information content (AvgIpc) is 2.18. The van der Waals surface area contributed by atoms with Crippen molar-refractivity contribution in [2.24, 2.45) is 0 Å². The lowest BCUT2D eigenvalue weighted by Gasteiger charge is -2.15. The normalized spacial score (nSPS) is 10.5. The van der Waals surface area contributed by atoms with E-state index < -0.39 is 0 Å². The molecule has 0 atom stereocenters. The molecule has 0 aliphatic rings. The molecule has 0 amide bonds. The van der Waals surface area contributed by atoms with Crippen LogP contribution >= 0.6 is 11.6 Å². The number of hydroxylamine groups is 2. The summed E-state index contributed by atoms with van der Waals surface area (Å²) in [7, 11) is 4.62. The minimum Gasteiger partial charge on any atom is -0.495 e. The predicted molar refractivity (Wildman–Crippen MR) is 57.8 cm³/mol. The zero-order chi connectivity index (χ0) is 11.4. The van der Waals surface area contributed by atoms with Crippen LogP contribution in [-0.2, 0) is 6.54 Å². The second kappa shape index (κ2) is 5.21. The van der Waals surface area contributed by atoms with Gasteiger partial charge in [0, 0.05) is 12.6 Å². The lowest BCUT2D eigenvalue weighted by molar-refractivity contribution is -0.0735. The molecular formula is C10H14ClNO3. The highest BCUT2D eigenvalue weighted by Crippen LogP contribution is 2.37. The molecule has 84 valence electrons. The number of ether oxygens (including phenoxy) is 2. The van der Waals surface area contributed by atoms with Crippen molar-refractivity contribution in [3.63, 3.8) is 0 Å². The van der Waals surface area contributed by atoms with Crippen molar-refractivity contribution < 1.29 is 14.7 Å². The molecule has 15 heavy (non-hydrogen) atoms. The molecule has 1 N–H and O–H groups in total. The summed E-state index contributed by atoms with van der Waals surface area (Å²) in [5, 5.41) is 10.6. The Hall–Kier alpha value is -0.970. The first-order valence-corrected chi connectivity index (χ1v) is 4.77. The lowest BCUT2D eigenvalue weighted by atomic mass is 10.2. The van der Waals surface area contributed by atoms with E-state index in [9.17, 15) is 0 Å². The highest BCUT2D eigenvalue weighted by Gasteiger charge is 2.13. The summed E-state index contributed by atoms with van der Waals surface area (Å²) in [6.07, 6.45) is 0. The van der Waals surface area contributed by atoms with E-state index in [1.165, 1.54) is 7.11 Å². The van der Waals surface area contributed by atoms with Gasteiger partial charge in [-0.15, -0.1) is 0 Å². The molecule has 0 aliphatic carbocycles. The molecule has 0 saturated heterocycles. The van der Waals surface area contributed by atoms with Crippen LogP contribution in [0.4, 0.5) is 0 Å². The van der Waals surface area contributed by atoms with Crippen LogP contribution in [-0.4, -0.2) is 31.5 Å². The van der Waals surface area contributed by atoms with Gasteiger partial charge >= 0.3 is 0 Å². The number of halogens is 1. The molecule has 0 aromatic heterocycles. The zero-order valence-corrected chi connectivity index (χ0v) is 9.71. The van der Waals surface area contributed by atoms with Gasteiger partial charge in [0.2, 0.25) is 0 Å². The Labute approximate surface area is 93.9 Å². The number of methoxy groups -OCH3 is 2. The van der Waals surface area contributed by atoms with E-state index in [1.807, 2.05) is 0 Å². The third kappa shape index (κ3) is 2.75. The first-order chi connectivity index (χ1) is 7.10. The Balaban J connectivity index is 3.12. The fourth-order valence-corrected chi connectivity index (χ4v) is 1.67. The Kier molecular flexibility index (Phi) is 4.20. The average molecular weight is 232 g/mol. The third-order valence-corrected chi connectivity index (χ3v) is 2.32. The summed E-state index contributed by atoms with van der Waals surface area (Å²) < 4.78 is 10.2. The fourth-order valence-electron chi connectivity index (χ4n) is 1.33. The SMILES string of the molecule is COc1ccc(CN(C)O)c(OC)c1Cl. The van der Waals surface area contributed by atoms with Gasteiger partial charge in [0.15, 0.2) is 0 Å². The Morgan fingerprint density at radius 3 is 2.47 bits per heavy atom. The Bertz CT molecular complexity index is 342. The number of hydrogen-bond donors (Lipinski definition) is 1. The smallest absolute Gasteiger partial charge is 0.145 e. The number of hydrogen-bond acceptors (Lipinski definition) is 4. The van der Waals surface area contributed by atoms with Gasteiger partial charge in [-0.25, -0.2) is 0 Å². The van der Waals surface area contributed by atoms with Crippen LogP contribution in [0.3, 0.4) is 0 Å². The topological polar surface area (TPSA) is 41.9 Å². The van der Waals surface area contributed by atoms with E-state index in [-0.39, 0.29) is 0 Å². The fraction of sp³-hybridized carbons (Fsp3) is 0.400. The molecule has 0 unspecified atom stereocenters. The van der Waals surface area contributed by atoms with E-state index in [0.717, 1.165) is 10.6 Å². The van der Waals surface area contributed by atoms with E-state index >= 15 is 0 Å². The predicted octanol–water partition coefficient (Wildman–Crippen LogP) is 2.18. The first kappa shape index (κ1) is 12.1. The van der Waals surface area contributed by atoms with Gasteiger partial charge in [0.05, 0.1) is 20.8 Å². The van der Waals surface area contributed by atoms with Crippen molar-refractivity contribution >= 4 is 11.6 Å². The largest absolute Gasteiger partial charge is 0.495 e. The second-order valence-electron chi connectivity index (χ2n) is 3.09. The molecule has 0 radical (unpaired) electrons. The minimum absolute atomic E-state index is 0.340. The molecular weight excluding hydrogens is 218 g/mol. The van der Waals surface area contributed by atoms with Gasteiger partial charge in [-0.05, 0) is 6.07 Å². The maximum absolute atomic E-state index is 9.15. The number of nitrogens with zero attached hydrogens (tertiary/aromatic N) is 1. The quantitative estimate of drug-likeness (QED) is 0.807. The van der Waals surface area contributed by atoms with Crippen LogP contribution < -0.4 is 9.47 Å². The highest BCUT2D eigenvalue weighted by molar-refractivity contribution is 6.33. The van der Waals surface area contributed by atoms with E-state index in [1.54, 1.807) is 26.3 Å². The second-order valence-corrected chi connectivity index (χ2v) is 3.47. The van der Waals surface area contributed by atoms with E-state index in [4.69, 9.17) is 26.3 Å². The van der Waals surface area contributed by atoms with Crippen molar-refractivity contribution in [3.05, 3.63) is 22.7 Å². The highest BCUT2D eigenvalue weighted by atomic mass is 35.5. The standard InChI is InChI=1S/C10H14ClNO3/c1-12(13)6-7-4-5-8(14-2)9(11)10(7)15-3/h4-5,13H,6H2,1-3H3. The molecule has 0 saturated carbocycles. The van der Waals surface area contributed by atoms with Gasteiger partial charge in [0.1, 0.15) is 16.5 Å². The maximum atomic E-state index is 9.15. The molecule has 0 bridgehead atoms. The van der Waals surface area contributed by atoms with Crippen LogP contribution in [0, 0.1) is 0 Å². The summed E-state index contributed by atoms with van der Waals surface area (Å²) in [5.41, 5.74) is 0.799. The van der Waals surface area contributed by atoms with Gasteiger partial charge in [-0.1, -0.05) is 17.7 Å². The van der Waals surface area contributed by atoms with Crippen LogP contribution in [0.25, 0.3) is 0 Å². The zero-order valence-electron chi connectivity index (χ0n) is 8.95. The van der Waals surface area contributed by atoms with Gasteiger partial charge in [0.25, 0.3) is 0 Å². The molecule has 0 heterocycles. The molecule has 1 aromatic carbocycles. The molecule has 0 spiro atoms. The van der Waals surface area contributed by atoms with E-state index in [0.29, 0.717) is 23.1 Å². The molecule has 0 fully saturated rings. The molecule has 0 aliphatic heterocycles. The molecule has 1 rings (SSSR count).